The quantitative estimate of drug-likeness (QED) is 0.738. The fourth-order valence-electron chi connectivity index (χ4n) is 2.88. The van der Waals surface area contributed by atoms with Crippen molar-refractivity contribution in [3.63, 3.8) is 0 Å². The number of nitrogens with zero attached hydrogens (tertiary/aromatic N) is 1. The van der Waals surface area contributed by atoms with Crippen LogP contribution in [0.5, 0.6) is 0 Å². The number of rotatable bonds is 5. The van der Waals surface area contributed by atoms with Gasteiger partial charge in [0.25, 0.3) is 0 Å². The number of ether oxygens (including phenoxy) is 1. The molecule has 0 aromatic heterocycles. The van der Waals surface area contributed by atoms with Crippen LogP contribution in [0, 0.1) is 5.82 Å². The lowest BCUT2D eigenvalue weighted by Gasteiger charge is -2.20. The number of amides is 1. The Bertz CT molecular complexity index is 734. The summed E-state index contributed by atoms with van der Waals surface area (Å²) in [7, 11) is -3.57. The van der Waals surface area contributed by atoms with E-state index in [2.05, 4.69) is 0 Å². The molecule has 1 aromatic rings. The van der Waals surface area contributed by atoms with E-state index in [0.717, 1.165) is 0 Å². The Hall–Kier alpha value is -1.96. The Balaban J connectivity index is 2.06. The third-order valence-electron chi connectivity index (χ3n) is 4.19. The standard InChI is InChI=1S/C17H22FNO5S/c1-2-24-17(21)8-7-16(20)19-10-9-15(25(22,23)12-11-19)13-5-3-4-6-14(13)18/h3-6,15H,2,7-12H2,1H3. The van der Waals surface area contributed by atoms with Gasteiger partial charge in [-0.3, -0.25) is 9.59 Å². The van der Waals surface area contributed by atoms with Gasteiger partial charge in [0.2, 0.25) is 5.91 Å². The summed E-state index contributed by atoms with van der Waals surface area (Å²) >= 11 is 0. The van der Waals surface area contributed by atoms with Crippen molar-refractivity contribution < 1.29 is 27.1 Å². The maximum absolute atomic E-state index is 14.0. The zero-order valence-electron chi connectivity index (χ0n) is 14.1. The second kappa shape index (κ2) is 8.42. The molecule has 1 heterocycles. The summed E-state index contributed by atoms with van der Waals surface area (Å²) in [6, 6.07) is 5.81. The van der Waals surface area contributed by atoms with Crippen molar-refractivity contribution in [2.24, 2.45) is 0 Å². The molecule has 1 atom stereocenters. The van der Waals surface area contributed by atoms with E-state index in [-0.39, 0.29) is 56.2 Å². The molecule has 1 amide bonds. The molecule has 0 spiro atoms. The van der Waals surface area contributed by atoms with Crippen LogP contribution in [0.25, 0.3) is 0 Å². The molecule has 138 valence electrons. The number of carbonyl (C=O) groups is 2. The van der Waals surface area contributed by atoms with Gasteiger partial charge in [0.05, 0.1) is 24.0 Å². The Kier molecular flexibility index (Phi) is 6.52. The van der Waals surface area contributed by atoms with E-state index in [4.69, 9.17) is 4.74 Å². The predicted octanol–water partition coefficient (Wildman–Crippen LogP) is 1.86. The van der Waals surface area contributed by atoms with Gasteiger partial charge in [-0.2, -0.15) is 0 Å². The third kappa shape index (κ3) is 5.01. The van der Waals surface area contributed by atoms with E-state index in [1.54, 1.807) is 13.0 Å². The van der Waals surface area contributed by atoms with Gasteiger partial charge in [0, 0.05) is 25.1 Å². The highest BCUT2D eigenvalue weighted by molar-refractivity contribution is 7.91. The molecule has 0 saturated carbocycles. The Morgan fingerprint density at radius 2 is 1.96 bits per heavy atom. The van der Waals surface area contributed by atoms with Crippen LogP contribution >= 0.6 is 0 Å². The Morgan fingerprint density at radius 1 is 1.24 bits per heavy atom. The van der Waals surface area contributed by atoms with Gasteiger partial charge in [-0.25, -0.2) is 12.8 Å². The molecule has 1 aliphatic heterocycles. The van der Waals surface area contributed by atoms with Crippen molar-refractivity contribution in [2.75, 3.05) is 25.4 Å². The first-order valence-electron chi connectivity index (χ1n) is 8.24. The monoisotopic (exact) mass is 371 g/mol. The summed E-state index contributed by atoms with van der Waals surface area (Å²) in [6.07, 6.45) is 0.0737. The summed E-state index contributed by atoms with van der Waals surface area (Å²) < 4.78 is 43.8. The van der Waals surface area contributed by atoms with E-state index in [1.165, 1.54) is 23.1 Å². The first-order valence-corrected chi connectivity index (χ1v) is 9.96. The first kappa shape index (κ1) is 19.4. The molecule has 0 N–H and O–H groups in total. The van der Waals surface area contributed by atoms with Gasteiger partial charge >= 0.3 is 5.97 Å². The van der Waals surface area contributed by atoms with Crippen LogP contribution < -0.4 is 0 Å². The van der Waals surface area contributed by atoms with E-state index in [9.17, 15) is 22.4 Å². The summed E-state index contributed by atoms with van der Waals surface area (Å²) in [5, 5.41) is -0.962. The van der Waals surface area contributed by atoms with E-state index >= 15 is 0 Å². The minimum Gasteiger partial charge on any atom is -0.466 e. The zero-order valence-corrected chi connectivity index (χ0v) is 14.9. The van der Waals surface area contributed by atoms with Gasteiger partial charge in [0.1, 0.15) is 5.82 Å². The second-order valence-corrected chi connectivity index (χ2v) is 8.15. The molecule has 1 aromatic carbocycles. The highest BCUT2D eigenvalue weighted by atomic mass is 32.2. The van der Waals surface area contributed by atoms with E-state index < -0.39 is 26.9 Å². The van der Waals surface area contributed by atoms with Gasteiger partial charge in [-0.15, -0.1) is 0 Å². The fourth-order valence-corrected chi connectivity index (χ4v) is 4.68. The maximum Gasteiger partial charge on any atom is 0.306 e. The average molecular weight is 371 g/mol. The summed E-state index contributed by atoms with van der Waals surface area (Å²) in [5.74, 6) is -1.53. The van der Waals surface area contributed by atoms with Crippen LogP contribution in [0.1, 0.15) is 37.0 Å². The summed E-state index contributed by atoms with van der Waals surface area (Å²) in [6.45, 7) is 2.19. The normalized spacial score (nSPS) is 19.9. The number of carbonyl (C=O) groups excluding carboxylic acids is 2. The number of hydrogen-bond donors (Lipinski definition) is 0. The van der Waals surface area contributed by atoms with Gasteiger partial charge in [-0.05, 0) is 19.4 Å². The highest BCUT2D eigenvalue weighted by Crippen LogP contribution is 2.31. The van der Waals surface area contributed by atoms with E-state index in [1.807, 2.05) is 0 Å². The first-order chi connectivity index (χ1) is 11.8. The minimum absolute atomic E-state index is 0.0246. The van der Waals surface area contributed by atoms with E-state index in [0.29, 0.717) is 0 Å². The molecule has 1 fully saturated rings. The molecule has 1 unspecified atom stereocenters. The maximum atomic E-state index is 14.0. The lowest BCUT2D eigenvalue weighted by Crippen LogP contribution is -2.33. The lowest BCUT2D eigenvalue weighted by molar-refractivity contribution is -0.145. The molecule has 0 radical (unpaired) electrons. The van der Waals surface area contributed by atoms with Crippen LogP contribution in [-0.4, -0.2) is 50.6 Å². The molecule has 0 aliphatic carbocycles. The summed E-state index contributed by atoms with van der Waals surface area (Å²) in [4.78, 5) is 25.0. The molecule has 1 saturated heterocycles. The average Bonchev–Trinajstić information content (AvgIpc) is 2.72. The Labute approximate surface area is 146 Å². The van der Waals surface area contributed by atoms with Crippen molar-refractivity contribution in [1.82, 2.24) is 4.90 Å². The zero-order chi connectivity index (χ0) is 18.4. The van der Waals surface area contributed by atoms with Gasteiger partial charge < -0.3 is 9.64 Å². The SMILES string of the molecule is CCOC(=O)CCC(=O)N1CCC(c2ccccc2F)S(=O)(=O)CC1. The fraction of sp³-hybridized carbons (Fsp3) is 0.529. The largest absolute Gasteiger partial charge is 0.466 e. The van der Waals surface area contributed by atoms with Crippen molar-refractivity contribution in [2.45, 2.75) is 31.4 Å². The molecule has 25 heavy (non-hydrogen) atoms. The number of esters is 1. The minimum atomic E-state index is -3.57. The molecular formula is C17H22FNO5S. The van der Waals surface area contributed by atoms with Crippen LogP contribution in [0.4, 0.5) is 4.39 Å². The molecular weight excluding hydrogens is 349 g/mol. The Morgan fingerprint density at radius 3 is 2.64 bits per heavy atom. The third-order valence-corrected chi connectivity index (χ3v) is 6.30. The van der Waals surface area contributed by atoms with Crippen molar-refractivity contribution >= 4 is 21.7 Å². The van der Waals surface area contributed by atoms with Crippen LogP contribution in [0.2, 0.25) is 0 Å². The summed E-state index contributed by atoms with van der Waals surface area (Å²) in [5.41, 5.74) is 0.142. The molecule has 1 aliphatic rings. The van der Waals surface area contributed by atoms with Crippen LogP contribution in [-0.2, 0) is 24.2 Å². The molecule has 2 rings (SSSR count). The topological polar surface area (TPSA) is 80.8 Å². The number of halogens is 1. The molecule has 6 nitrogen and oxygen atoms in total. The van der Waals surface area contributed by atoms with Gasteiger partial charge in [0.15, 0.2) is 9.84 Å². The number of hydrogen-bond acceptors (Lipinski definition) is 5. The highest BCUT2D eigenvalue weighted by Gasteiger charge is 2.34. The molecule has 0 bridgehead atoms. The number of benzene rings is 1. The smallest absolute Gasteiger partial charge is 0.306 e. The van der Waals surface area contributed by atoms with Crippen LogP contribution in [0.15, 0.2) is 24.3 Å². The van der Waals surface area contributed by atoms with Crippen molar-refractivity contribution in [1.29, 1.82) is 0 Å². The second-order valence-electron chi connectivity index (χ2n) is 5.85. The lowest BCUT2D eigenvalue weighted by atomic mass is 10.1. The van der Waals surface area contributed by atoms with Crippen molar-refractivity contribution in [3.05, 3.63) is 35.6 Å². The van der Waals surface area contributed by atoms with Crippen molar-refractivity contribution in [3.8, 4) is 0 Å². The molecule has 8 heteroatoms. The number of sulfone groups is 1. The van der Waals surface area contributed by atoms with Crippen LogP contribution in [0.3, 0.4) is 0 Å². The predicted molar refractivity (Wildman–Crippen MR) is 90.0 cm³/mol. The van der Waals surface area contributed by atoms with Gasteiger partial charge in [-0.1, -0.05) is 18.2 Å².